The van der Waals surface area contributed by atoms with Crippen LogP contribution in [-0.2, 0) is 5.41 Å². The highest BCUT2D eigenvalue weighted by molar-refractivity contribution is 6.10. The van der Waals surface area contributed by atoms with E-state index in [2.05, 4.69) is 242 Å². The van der Waals surface area contributed by atoms with Gasteiger partial charge in [-0.05, 0) is 111 Å². The number of rotatable bonds is 7. The van der Waals surface area contributed by atoms with Gasteiger partial charge in [0.2, 0.25) is 0 Å². The largest absolute Gasteiger partial charge is 0.310 e. The predicted molar refractivity (Wildman–Crippen MR) is 249 cm³/mol. The van der Waals surface area contributed by atoms with E-state index in [9.17, 15) is 0 Å². The maximum Gasteiger partial charge on any atom is 0.0541 e. The minimum atomic E-state index is -0.117. The first-order valence-corrected chi connectivity index (χ1v) is 20.5. The van der Waals surface area contributed by atoms with E-state index in [4.69, 9.17) is 0 Å². The van der Waals surface area contributed by atoms with Crippen molar-refractivity contribution in [1.29, 1.82) is 0 Å². The standard InChI is InChI=1S/C57H42N2/c1-57(2)52-28-13-9-24-46(52)47-35-33-44(38-53(47)57)58(42-22-7-4-8-23-42)43-32-34-45(51(37-43)41-21-17-20-40(36-41)39-18-5-3-6-19-39)48-25-10-14-29-54(48)59-55-30-15-11-26-49(55)50-27-12-16-31-56(50)59/h3-38H,1-2H3. The quantitative estimate of drug-likeness (QED) is 0.157. The van der Waals surface area contributed by atoms with Crippen LogP contribution in [0.15, 0.2) is 218 Å². The fourth-order valence-electron chi connectivity index (χ4n) is 9.58. The Balaban J connectivity index is 1.15. The first-order valence-electron chi connectivity index (χ1n) is 20.5. The molecule has 280 valence electrons. The van der Waals surface area contributed by atoms with E-state index in [0.29, 0.717) is 0 Å². The highest BCUT2D eigenvalue weighted by Gasteiger charge is 2.35. The maximum atomic E-state index is 2.44. The molecule has 0 bridgehead atoms. The van der Waals surface area contributed by atoms with Crippen molar-refractivity contribution in [2.24, 2.45) is 0 Å². The van der Waals surface area contributed by atoms with Crippen LogP contribution in [0.1, 0.15) is 25.0 Å². The SMILES string of the molecule is CC1(C)c2ccccc2-c2ccc(N(c3ccccc3)c3ccc(-c4ccccc4-n4c5ccccc5c5ccccc54)c(-c4cccc(-c5ccccc5)c4)c3)cc21. The predicted octanol–water partition coefficient (Wildman–Crippen LogP) is 15.6. The Morgan fingerprint density at radius 2 is 0.881 bits per heavy atom. The van der Waals surface area contributed by atoms with Crippen molar-refractivity contribution in [3.63, 3.8) is 0 Å². The second-order valence-electron chi connectivity index (χ2n) is 16.1. The zero-order chi connectivity index (χ0) is 39.5. The average molecular weight is 755 g/mol. The van der Waals surface area contributed by atoms with Crippen LogP contribution in [0.2, 0.25) is 0 Å². The minimum Gasteiger partial charge on any atom is -0.310 e. The van der Waals surface area contributed by atoms with Gasteiger partial charge >= 0.3 is 0 Å². The Hall–Kier alpha value is -7.42. The number of anilines is 3. The molecule has 1 aliphatic rings. The summed E-state index contributed by atoms with van der Waals surface area (Å²) < 4.78 is 2.44. The third-order valence-electron chi connectivity index (χ3n) is 12.4. The van der Waals surface area contributed by atoms with Crippen LogP contribution in [0.5, 0.6) is 0 Å². The fourth-order valence-corrected chi connectivity index (χ4v) is 9.58. The van der Waals surface area contributed by atoms with Gasteiger partial charge in [0.1, 0.15) is 0 Å². The summed E-state index contributed by atoms with van der Waals surface area (Å²) in [4.78, 5) is 2.42. The summed E-state index contributed by atoms with van der Waals surface area (Å²) in [5, 5.41) is 2.51. The topological polar surface area (TPSA) is 8.17 Å². The van der Waals surface area contributed by atoms with Gasteiger partial charge in [0.05, 0.1) is 16.7 Å². The molecule has 2 heteroatoms. The summed E-state index contributed by atoms with van der Waals surface area (Å²) in [5.41, 5.74) is 19.2. The van der Waals surface area contributed by atoms with Crippen LogP contribution in [0.4, 0.5) is 17.1 Å². The number of para-hydroxylation sites is 4. The van der Waals surface area contributed by atoms with Crippen LogP contribution in [0.3, 0.4) is 0 Å². The highest BCUT2D eigenvalue weighted by atomic mass is 15.1. The summed E-state index contributed by atoms with van der Waals surface area (Å²) in [6.45, 7) is 4.71. The van der Waals surface area contributed by atoms with Crippen molar-refractivity contribution in [3.05, 3.63) is 230 Å². The molecule has 0 unspecified atom stereocenters. The fraction of sp³-hybridized carbons (Fsp3) is 0.0526. The van der Waals surface area contributed by atoms with Crippen molar-refractivity contribution >= 4 is 38.9 Å². The van der Waals surface area contributed by atoms with E-state index in [1.807, 2.05) is 0 Å². The Morgan fingerprint density at radius 3 is 1.63 bits per heavy atom. The number of benzene rings is 9. The zero-order valence-corrected chi connectivity index (χ0v) is 33.2. The molecule has 1 heterocycles. The van der Waals surface area contributed by atoms with E-state index in [1.165, 1.54) is 77.4 Å². The molecule has 0 N–H and O–H groups in total. The molecule has 0 saturated heterocycles. The summed E-state index contributed by atoms with van der Waals surface area (Å²) in [7, 11) is 0. The Kier molecular flexibility index (Phi) is 8.20. The lowest BCUT2D eigenvalue weighted by molar-refractivity contribution is 0.660. The maximum absolute atomic E-state index is 2.44. The molecule has 0 saturated carbocycles. The summed E-state index contributed by atoms with van der Waals surface area (Å²) in [6, 6.07) is 79.9. The normalized spacial score (nSPS) is 12.7. The minimum absolute atomic E-state index is 0.117. The average Bonchev–Trinajstić information content (AvgIpc) is 3.75. The van der Waals surface area contributed by atoms with Gasteiger partial charge in [-0.3, -0.25) is 0 Å². The van der Waals surface area contributed by atoms with Crippen LogP contribution in [0, 0.1) is 0 Å². The molecule has 1 aliphatic carbocycles. The van der Waals surface area contributed by atoms with Crippen LogP contribution in [-0.4, -0.2) is 4.57 Å². The molecule has 10 aromatic rings. The molecule has 11 rings (SSSR count). The number of aromatic nitrogens is 1. The summed E-state index contributed by atoms with van der Waals surface area (Å²) in [6.07, 6.45) is 0. The Labute approximate surface area is 345 Å². The highest BCUT2D eigenvalue weighted by Crippen LogP contribution is 2.51. The second-order valence-corrected chi connectivity index (χ2v) is 16.1. The monoisotopic (exact) mass is 754 g/mol. The zero-order valence-electron chi connectivity index (χ0n) is 33.2. The van der Waals surface area contributed by atoms with E-state index in [-0.39, 0.29) is 5.41 Å². The van der Waals surface area contributed by atoms with Crippen LogP contribution >= 0.6 is 0 Å². The van der Waals surface area contributed by atoms with Gasteiger partial charge in [0, 0.05) is 38.8 Å². The number of hydrogen-bond acceptors (Lipinski definition) is 1. The summed E-state index contributed by atoms with van der Waals surface area (Å²) in [5.74, 6) is 0. The molecule has 0 spiro atoms. The third-order valence-corrected chi connectivity index (χ3v) is 12.4. The lowest BCUT2D eigenvalue weighted by Crippen LogP contribution is -2.16. The Bertz CT molecular complexity index is 3140. The molecule has 0 atom stereocenters. The van der Waals surface area contributed by atoms with Gasteiger partial charge in [-0.15, -0.1) is 0 Å². The molecule has 9 aromatic carbocycles. The van der Waals surface area contributed by atoms with Crippen molar-refractivity contribution in [2.45, 2.75) is 19.3 Å². The van der Waals surface area contributed by atoms with E-state index in [0.717, 1.165) is 22.7 Å². The summed E-state index contributed by atoms with van der Waals surface area (Å²) >= 11 is 0. The number of nitrogens with zero attached hydrogens (tertiary/aromatic N) is 2. The first kappa shape index (κ1) is 34.8. The van der Waals surface area contributed by atoms with Gasteiger partial charge in [-0.1, -0.05) is 172 Å². The van der Waals surface area contributed by atoms with Crippen molar-refractivity contribution in [1.82, 2.24) is 4.57 Å². The van der Waals surface area contributed by atoms with Crippen molar-refractivity contribution < 1.29 is 0 Å². The van der Waals surface area contributed by atoms with Crippen LogP contribution < -0.4 is 4.90 Å². The van der Waals surface area contributed by atoms with E-state index < -0.39 is 0 Å². The first-order chi connectivity index (χ1) is 29.0. The van der Waals surface area contributed by atoms with Gasteiger partial charge < -0.3 is 9.47 Å². The molecule has 2 nitrogen and oxygen atoms in total. The third kappa shape index (κ3) is 5.71. The van der Waals surface area contributed by atoms with Gasteiger partial charge in [-0.25, -0.2) is 0 Å². The van der Waals surface area contributed by atoms with Gasteiger partial charge in [0.15, 0.2) is 0 Å². The smallest absolute Gasteiger partial charge is 0.0541 e. The molecule has 0 aliphatic heterocycles. The van der Waals surface area contributed by atoms with Crippen LogP contribution in [0.25, 0.3) is 72.0 Å². The molecular formula is C57H42N2. The molecular weight excluding hydrogens is 713 g/mol. The van der Waals surface area contributed by atoms with Gasteiger partial charge in [0.25, 0.3) is 0 Å². The number of fused-ring (bicyclic) bond motifs is 6. The molecule has 1 aromatic heterocycles. The van der Waals surface area contributed by atoms with E-state index in [1.54, 1.807) is 0 Å². The lowest BCUT2D eigenvalue weighted by Gasteiger charge is -2.29. The van der Waals surface area contributed by atoms with Crippen molar-refractivity contribution in [3.8, 4) is 50.2 Å². The second kappa shape index (κ2) is 13.9. The molecule has 0 radical (unpaired) electrons. The van der Waals surface area contributed by atoms with E-state index >= 15 is 0 Å². The molecule has 0 fully saturated rings. The lowest BCUT2D eigenvalue weighted by atomic mass is 9.82. The molecule has 59 heavy (non-hydrogen) atoms. The molecule has 0 amide bonds. The van der Waals surface area contributed by atoms with Crippen molar-refractivity contribution in [2.75, 3.05) is 4.90 Å². The number of hydrogen-bond donors (Lipinski definition) is 0. The Morgan fingerprint density at radius 1 is 0.339 bits per heavy atom. The van der Waals surface area contributed by atoms with Gasteiger partial charge in [-0.2, -0.15) is 0 Å².